The van der Waals surface area contributed by atoms with Gasteiger partial charge in [0, 0.05) is 25.2 Å². The Bertz CT molecular complexity index is 403. The fourth-order valence-corrected chi connectivity index (χ4v) is 2.99. The molecule has 0 saturated carbocycles. The zero-order valence-corrected chi connectivity index (χ0v) is 14.7. The maximum atomic E-state index is 3.47. The average molecular weight is 291 g/mol. The third-order valence-corrected chi connectivity index (χ3v) is 4.16. The van der Waals surface area contributed by atoms with Gasteiger partial charge in [-0.1, -0.05) is 36.8 Å². The number of hydrogen-bond acceptors (Lipinski definition) is 3. The van der Waals surface area contributed by atoms with Gasteiger partial charge in [0.2, 0.25) is 0 Å². The van der Waals surface area contributed by atoms with E-state index in [2.05, 4.69) is 81.3 Å². The molecule has 0 bridgehead atoms. The minimum absolute atomic E-state index is 0.436. The van der Waals surface area contributed by atoms with E-state index in [0.29, 0.717) is 12.1 Å². The van der Waals surface area contributed by atoms with Crippen molar-refractivity contribution in [2.75, 3.05) is 40.8 Å². The van der Waals surface area contributed by atoms with Gasteiger partial charge < -0.3 is 10.2 Å². The highest BCUT2D eigenvalue weighted by atomic mass is 15.2. The molecule has 1 aromatic carbocycles. The van der Waals surface area contributed by atoms with Gasteiger partial charge in [-0.2, -0.15) is 0 Å². The van der Waals surface area contributed by atoms with Gasteiger partial charge in [-0.15, -0.1) is 0 Å². The van der Waals surface area contributed by atoms with Crippen LogP contribution in [0.1, 0.15) is 37.4 Å². The lowest BCUT2D eigenvalue weighted by Crippen LogP contribution is -2.41. The molecule has 1 aromatic rings. The Morgan fingerprint density at radius 3 is 2.48 bits per heavy atom. The molecule has 0 fully saturated rings. The summed E-state index contributed by atoms with van der Waals surface area (Å²) in [6.45, 7) is 10.1. The van der Waals surface area contributed by atoms with E-state index in [4.69, 9.17) is 0 Å². The van der Waals surface area contributed by atoms with Crippen LogP contribution in [0.3, 0.4) is 0 Å². The molecule has 0 spiro atoms. The number of aryl methyl sites for hydroxylation is 1. The van der Waals surface area contributed by atoms with Gasteiger partial charge in [0.15, 0.2) is 0 Å². The summed E-state index contributed by atoms with van der Waals surface area (Å²) in [4.78, 5) is 4.84. The van der Waals surface area contributed by atoms with E-state index < -0.39 is 0 Å². The Balaban J connectivity index is 2.60. The van der Waals surface area contributed by atoms with Crippen molar-refractivity contribution >= 4 is 0 Å². The first-order valence-corrected chi connectivity index (χ1v) is 8.10. The number of benzene rings is 1. The monoisotopic (exact) mass is 291 g/mol. The summed E-state index contributed by atoms with van der Waals surface area (Å²) in [6.07, 6.45) is 1.14. The van der Waals surface area contributed by atoms with Gasteiger partial charge in [-0.25, -0.2) is 0 Å². The first kappa shape index (κ1) is 18.1. The average Bonchev–Trinajstić information content (AvgIpc) is 2.42. The zero-order valence-electron chi connectivity index (χ0n) is 14.7. The molecule has 21 heavy (non-hydrogen) atoms. The molecule has 1 N–H and O–H groups in total. The van der Waals surface area contributed by atoms with Crippen LogP contribution in [-0.4, -0.2) is 56.6 Å². The normalized spacial score (nSPS) is 14.7. The molecule has 1 rings (SSSR count). The van der Waals surface area contributed by atoms with Crippen molar-refractivity contribution < 1.29 is 0 Å². The second-order valence-corrected chi connectivity index (χ2v) is 6.28. The van der Waals surface area contributed by atoms with Crippen LogP contribution in [0, 0.1) is 6.92 Å². The summed E-state index contributed by atoms with van der Waals surface area (Å²) in [7, 11) is 6.35. The summed E-state index contributed by atoms with van der Waals surface area (Å²) in [5.74, 6) is 0. The smallest absolute Gasteiger partial charge is 0.0329 e. The van der Waals surface area contributed by atoms with Crippen molar-refractivity contribution in [3.8, 4) is 0 Å². The minimum Gasteiger partial charge on any atom is -0.313 e. The Hall–Kier alpha value is -0.900. The largest absolute Gasteiger partial charge is 0.313 e. The van der Waals surface area contributed by atoms with Gasteiger partial charge in [-0.05, 0) is 53.5 Å². The molecule has 0 radical (unpaired) electrons. The van der Waals surface area contributed by atoms with E-state index >= 15 is 0 Å². The van der Waals surface area contributed by atoms with E-state index in [1.54, 1.807) is 0 Å². The third-order valence-electron chi connectivity index (χ3n) is 4.16. The van der Waals surface area contributed by atoms with Crippen LogP contribution in [0.5, 0.6) is 0 Å². The highest BCUT2D eigenvalue weighted by molar-refractivity contribution is 5.25. The van der Waals surface area contributed by atoms with Crippen LogP contribution < -0.4 is 5.32 Å². The molecule has 3 nitrogen and oxygen atoms in total. The Morgan fingerprint density at radius 1 is 1.24 bits per heavy atom. The second-order valence-electron chi connectivity index (χ2n) is 6.28. The van der Waals surface area contributed by atoms with E-state index in [1.807, 2.05) is 0 Å². The van der Waals surface area contributed by atoms with E-state index in [9.17, 15) is 0 Å². The lowest BCUT2D eigenvalue weighted by molar-refractivity contribution is 0.174. The molecule has 2 atom stereocenters. The van der Waals surface area contributed by atoms with Crippen LogP contribution in [0.15, 0.2) is 24.3 Å². The van der Waals surface area contributed by atoms with Gasteiger partial charge in [0.25, 0.3) is 0 Å². The Kier molecular flexibility index (Phi) is 7.94. The van der Waals surface area contributed by atoms with Crippen molar-refractivity contribution in [3.63, 3.8) is 0 Å². The first-order chi connectivity index (χ1) is 9.97. The van der Waals surface area contributed by atoms with Crippen molar-refractivity contribution in [1.29, 1.82) is 0 Å². The van der Waals surface area contributed by atoms with Crippen LogP contribution >= 0.6 is 0 Å². The van der Waals surface area contributed by atoms with E-state index in [0.717, 1.165) is 26.1 Å². The number of rotatable bonds is 9. The summed E-state index contributed by atoms with van der Waals surface area (Å²) in [5.41, 5.74) is 2.73. The zero-order chi connectivity index (χ0) is 15.8. The molecule has 120 valence electrons. The predicted molar refractivity (Wildman–Crippen MR) is 92.9 cm³/mol. The molecule has 0 aliphatic rings. The predicted octanol–water partition coefficient (Wildman–Crippen LogP) is 2.92. The van der Waals surface area contributed by atoms with E-state index in [-0.39, 0.29) is 0 Å². The van der Waals surface area contributed by atoms with Gasteiger partial charge in [0.1, 0.15) is 0 Å². The third kappa shape index (κ3) is 6.16. The van der Waals surface area contributed by atoms with Gasteiger partial charge >= 0.3 is 0 Å². The quantitative estimate of drug-likeness (QED) is 0.755. The molecule has 0 aliphatic carbocycles. The molecule has 0 amide bonds. The summed E-state index contributed by atoms with van der Waals surface area (Å²) >= 11 is 0. The van der Waals surface area contributed by atoms with Crippen LogP contribution in [0.25, 0.3) is 0 Å². The maximum absolute atomic E-state index is 3.47. The molecule has 0 aliphatic heterocycles. The minimum atomic E-state index is 0.436. The molecular formula is C18H33N3. The lowest BCUT2D eigenvalue weighted by Gasteiger charge is -2.31. The highest BCUT2D eigenvalue weighted by Crippen LogP contribution is 2.18. The fourth-order valence-electron chi connectivity index (χ4n) is 2.99. The Labute approximate surface area is 131 Å². The molecule has 2 unspecified atom stereocenters. The maximum Gasteiger partial charge on any atom is 0.0329 e. The molecular weight excluding hydrogens is 258 g/mol. The van der Waals surface area contributed by atoms with Gasteiger partial charge in [-0.3, -0.25) is 4.90 Å². The van der Waals surface area contributed by atoms with Crippen LogP contribution in [0.4, 0.5) is 0 Å². The Morgan fingerprint density at radius 2 is 1.95 bits per heavy atom. The summed E-state index contributed by atoms with van der Waals surface area (Å²) < 4.78 is 0. The lowest BCUT2D eigenvalue weighted by atomic mass is 10.0. The molecule has 0 aromatic heterocycles. The van der Waals surface area contributed by atoms with Gasteiger partial charge in [0.05, 0.1) is 0 Å². The standard InChI is InChI=1S/C18H33N3/c1-7-21(16(3)14-20(5)6)12-11-18(19-4)17-10-8-9-15(2)13-17/h8-10,13,16,18-19H,7,11-12,14H2,1-6H3. The first-order valence-electron chi connectivity index (χ1n) is 8.10. The van der Waals surface area contributed by atoms with E-state index in [1.165, 1.54) is 11.1 Å². The highest BCUT2D eigenvalue weighted by Gasteiger charge is 2.16. The summed E-state index contributed by atoms with van der Waals surface area (Å²) in [6, 6.07) is 9.87. The van der Waals surface area contributed by atoms with Crippen molar-refractivity contribution in [1.82, 2.24) is 15.1 Å². The summed E-state index contributed by atoms with van der Waals surface area (Å²) in [5, 5.41) is 3.47. The van der Waals surface area contributed by atoms with Crippen molar-refractivity contribution in [2.24, 2.45) is 0 Å². The van der Waals surface area contributed by atoms with Crippen LogP contribution in [0.2, 0.25) is 0 Å². The van der Waals surface area contributed by atoms with Crippen LogP contribution in [-0.2, 0) is 0 Å². The molecule has 0 saturated heterocycles. The number of hydrogen-bond donors (Lipinski definition) is 1. The number of nitrogens with zero attached hydrogens (tertiary/aromatic N) is 2. The topological polar surface area (TPSA) is 18.5 Å². The SMILES string of the molecule is CCN(CCC(NC)c1cccc(C)c1)C(C)CN(C)C. The number of nitrogens with one attached hydrogen (secondary N) is 1. The fraction of sp³-hybridized carbons (Fsp3) is 0.667. The molecule has 3 heteroatoms. The number of likely N-dealkylation sites (N-methyl/N-ethyl adjacent to an activating group) is 2. The molecule has 0 heterocycles. The van der Waals surface area contributed by atoms with Crippen molar-refractivity contribution in [2.45, 2.75) is 39.3 Å². The van der Waals surface area contributed by atoms with Crippen molar-refractivity contribution in [3.05, 3.63) is 35.4 Å². The second kappa shape index (κ2) is 9.19.